The molecule has 28 heavy (non-hydrogen) atoms. The first kappa shape index (κ1) is 22.2. The fourth-order valence-electron chi connectivity index (χ4n) is 3.04. The van der Waals surface area contributed by atoms with Gasteiger partial charge in [-0.25, -0.2) is 0 Å². The number of nitriles is 1. The molecule has 1 fully saturated rings. The van der Waals surface area contributed by atoms with Crippen molar-refractivity contribution in [2.45, 2.75) is 49.3 Å². The zero-order chi connectivity index (χ0) is 21.1. The largest absolute Gasteiger partial charge is 0.481 e. The highest BCUT2D eigenvalue weighted by Gasteiger charge is 2.47. The number of aliphatic carboxylic acids is 1. The molecule has 10 heteroatoms. The molecule has 0 aromatic heterocycles. The normalized spacial score (nSPS) is 39.4. The molecule has 6 N–H and O–H groups in total. The second kappa shape index (κ2) is 8.93. The van der Waals surface area contributed by atoms with Crippen molar-refractivity contribution in [3.8, 4) is 6.07 Å². The lowest BCUT2D eigenvalue weighted by Gasteiger charge is -2.42. The summed E-state index contributed by atoms with van der Waals surface area (Å²) in [6, 6.07) is 1.73. The highest BCUT2D eigenvalue weighted by Crippen LogP contribution is 2.32. The van der Waals surface area contributed by atoms with Crippen LogP contribution in [0.25, 0.3) is 0 Å². The van der Waals surface area contributed by atoms with Gasteiger partial charge in [-0.15, -0.1) is 0 Å². The summed E-state index contributed by atoms with van der Waals surface area (Å²) in [5.41, 5.74) is -2.15. The second-order valence-electron chi connectivity index (χ2n) is 6.55. The lowest BCUT2D eigenvalue weighted by Crippen LogP contribution is -2.60. The Morgan fingerprint density at radius 3 is 2.61 bits per heavy atom. The third-order valence-electron chi connectivity index (χ3n) is 4.62. The van der Waals surface area contributed by atoms with Crippen LogP contribution in [0, 0.1) is 17.2 Å². The Morgan fingerprint density at radius 1 is 1.39 bits per heavy atom. The molecule has 2 aliphatic rings. The fourth-order valence-corrected chi connectivity index (χ4v) is 3.04. The lowest BCUT2D eigenvalue weighted by atomic mass is 9.83. The third-order valence-corrected chi connectivity index (χ3v) is 4.62. The Labute approximate surface area is 160 Å². The minimum absolute atomic E-state index is 0.204. The summed E-state index contributed by atoms with van der Waals surface area (Å²) < 4.78 is 10.9. The van der Waals surface area contributed by atoms with Gasteiger partial charge in [-0.1, -0.05) is 18.2 Å². The number of hydrogen-bond donors (Lipinski definition) is 6. The Hall–Kier alpha value is -2.10. The standard InChI is InChI=1S/C18H23NO9/c1-2-3-12(18(26)5-4-10(16(24)25)9(6-18)7-19)28-17-15(23)14(22)13(21)11(8-20)27-17/h2-6,10-15,17,20-23,26H,8H2,1H3,(H,24,25)/b3-2+/t10?,11-,12?,13-,14+,15-,17+,18?/m1/s1. The van der Waals surface area contributed by atoms with E-state index in [-0.39, 0.29) is 5.57 Å². The van der Waals surface area contributed by atoms with Crippen LogP contribution in [0.1, 0.15) is 6.92 Å². The molecule has 3 unspecified atom stereocenters. The summed E-state index contributed by atoms with van der Waals surface area (Å²) >= 11 is 0. The van der Waals surface area contributed by atoms with Gasteiger partial charge in [-0.05, 0) is 19.1 Å². The minimum Gasteiger partial charge on any atom is -0.481 e. The lowest BCUT2D eigenvalue weighted by molar-refractivity contribution is -0.314. The molecule has 1 saturated heterocycles. The van der Waals surface area contributed by atoms with Crippen molar-refractivity contribution in [3.63, 3.8) is 0 Å². The molecule has 0 radical (unpaired) electrons. The molecule has 1 heterocycles. The smallest absolute Gasteiger partial charge is 0.315 e. The van der Waals surface area contributed by atoms with Gasteiger partial charge < -0.3 is 40.1 Å². The van der Waals surface area contributed by atoms with E-state index in [9.17, 15) is 35.6 Å². The van der Waals surface area contributed by atoms with Crippen molar-refractivity contribution < 1.29 is 44.9 Å². The highest BCUT2D eigenvalue weighted by molar-refractivity contribution is 5.78. The predicted octanol–water partition coefficient (Wildman–Crippen LogP) is -1.80. The number of aliphatic hydroxyl groups is 5. The Morgan fingerprint density at radius 2 is 2.07 bits per heavy atom. The zero-order valence-electron chi connectivity index (χ0n) is 15.0. The molecular formula is C18H23NO9. The number of rotatable bonds is 6. The van der Waals surface area contributed by atoms with Gasteiger partial charge in [0.05, 0.1) is 12.7 Å². The molecule has 10 nitrogen and oxygen atoms in total. The van der Waals surface area contributed by atoms with E-state index in [1.165, 1.54) is 12.2 Å². The van der Waals surface area contributed by atoms with E-state index < -0.39 is 60.9 Å². The van der Waals surface area contributed by atoms with E-state index >= 15 is 0 Å². The van der Waals surface area contributed by atoms with E-state index in [1.54, 1.807) is 13.0 Å². The van der Waals surface area contributed by atoms with Gasteiger partial charge in [0.2, 0.25) is 0 Å². The maximum absolute atomic E-state index is 11.2. The molecular weight excluding hydrogens is 374 g/mol. The Kier molecular flexibility index (Phi) is 7.08. The number of aliphatic hydroxyl groups excluding tert-OH is 4. The molecule has 0 aromatic carbocycles. The average Bonchev–Trinajstić information content (AvgIpc) is 2.67. The van der Waals surface area contributed by atoms with Crippen LogP contribution in [0.2, 0.25) is 0 Å². The van der Waals surface area contributed by atoms with Crippen molar-refractivity contribution in [1.82, 2.24) is 0 Å². The van der Waals surface area contributed by atoms with Crippen molar-refractivity contribution in [2.75, 3.05) is 6.61 Å². The van der Waals surface area contributed by atoms with E-state index in [2.05, 4.69) is 0 Å². The molecule has 154 valence electrons. The van der Waals surface area contributed by atoms with Crippen LogP contribution >= 0.6 is 0 Å². The molecule has 2 rings (SSSR count). The van der Waals surface area contributed by atoms with E-state index in [4.69, 9.17) is 14.6 Å². The van der Waals surface area contributed by atoms with Crippen LogP contribution in [-0.4, -0.2) is 85.6 Å². The van der Waals surface area contributed by atoms with Crippen molar-refractivity contribution in [3.05, 3.63) is 36.0 Å². The Balaban J connectivity index is 2.31. The van der Waals surface area contributed by atoms with Gasteiger partial charge in [0, 0.05) is 5.57 Å². The van der Waals surface area contributed by atoms with Crippen LogP contribution in [0.15, 0.2) is 36.0 Å². The summed E-state index contributed by atoms with van der Waals surface area (Å²) in [6.45, 7) is 0.969. The maximum atomic E-state index is 11.2. The highest BCUT2D eigenvalue weighted by atomic mass is 16.7. The second-order valence-corrected chi connectivity index (χ2v) is 6.55. The number of nitrogens with zero attached hydrogens (tertiary/aromatic N) is 1. The molecule has 8 atom stereocenters. The van der Waals surface area contributed by atoms with Crippen LogP contribution in [0.5, 0.6) is 0 Å². The van der Waals surface area contributed by atoms with Crippen LogP contribution < -0.4 is 0 Å². The van der Waals surface area contributed by atoms with Crippen molar-refractivity contribution >= 4 is 5.97 Å². The summed E-state index contributed by atoms with van der Waals surface area (Å²) in [5.74, 6) is -2.48. The molecule has 0 bridgehead atoms. The molecule has 0 saturated carbocycles. The van der Waals surface area contributed by atoms with Gasteiger partial charge in [0.25, 0.3) is 0 Å². The van der Waals surface area contributed by atoms with Crippen LogP contribution in [0.3, 0.4) is 0 Å². The average molecular weight is 397 g/mol. The van der Waals surface area contributed by atoms with Crippen molar-refractivity contribution in [1.29, 1.82) is 5.26 Å². The van der Waals surface area contributed by atoms with Gasteiger partial charge in [-0.2, -0.15) is 5.26 Å². The van der Waals surface area contributed by atoms with Gasteiger partial charge in [0.1, 0.15) is 42.0 Å². The molecule has 0 amide bonds. The maximum Gasteiger partial charge on any atom is 0.315 e. The van der Waals surface area contributed by atoms with Crippen molar-refractivity contribution in [2.24, 2.45) is 5.92 Å². The number of carboxylic acids is 1. The Bertz CT molecular complexity index is 710. The quantitative estimate of drug-likeness (QED) is 0.280. The van der Waals surface area contributed by atoms with Crippen LogP contribution in [0.4, 0.5) is 0 Å². The summed E-state index contributed by atoms with van der Waals surface area (Å²) in [5, 5.41) is 68.4. The predicted molar refractivity (Wildman–Crippen MR) is 92.4 cm³/mol. The number of carbonyl (C=O) groups is 1. The summed E-state index contributed by atoms with van der Waals surface area (Å²) in [6.07, 6.45) is -2.64. The molecule has 0 spiro atoms. The SMILES string of the molecule is C/C=C/C(O[C@@H]1O[C@H](CO)[C@@H](O)[C@H](O)[C@H]1O)C1(O)C=CC(C(=O)O)C(C#N)=C1. The summed E-state index contributed by atoms with van der Waals surface area (Å²) in [4.78, 5) is 11.2. The molecule has 1 aliphatic heterocycles. The zero-order valence-corrected chi connectivity index (χ0v) is 15.0. The monoisotopic (exact) mass is 397 g/mol. The molecule has 0 aromatic rings. The number of hydrogen-bond acceptors (Lipinski definition) is 9. The fraction of sp³-hybridized carbons (Fsp3) is 0.556. The molecule has 1 aliphatic carbocycles. The minimum atomic E-state index is -1.94. The van der Waals surface area contributed by atoms with Gasteiger partial charge in [-0.3, -0.25) is 4.79 Å². The number of carboxylic acid groups (broad SMARTS) is 1. The first-order valence-corrected chi connectivity index (χ1v) is 8.54. The summed E-state index contributed by atoms with van der Waals surface area (Å²) in [7, 11) is 0. The first-order chi connectivity index (χ1) is 13.2. The third kappa shape index (κ3) is 4.31. The van der Waals surface area contributed by atoms with E-state index in [0.717, 1.165) is 18.2 Å². The number of allylic oxidation sites excluding steroid dienone is 1. The van der Waals surface area contributed by atoms with Gasteiger partial charge >= 0.3 is 5.97 Å². The van der Waals surface area contributed by atoms with Crippen LogP contribution in [-0.2, 0) is 14.3 Å². The van der Waals surface area contributed by atoms with E-state index in [1.807, 2.05) is 0 Å². The number of ether oxygens (including phenoxy) is 2. The van der Waals surface area contributed by atoms with Gasteiger partial charge in [0.15, 0.2) is 6.29 Å². The topological polar surface area (TPSA) is 181 Å². The first-order valence-electron chi connectivity index (χ1n) is 8.54. The van der Waals surface area contributed by atoms with E-state index in [0.29, 0.717) is 0 Å².